The van der Waals surface area contributed by atoms with E-state index in [9.17, 15) is 0 Å². The van der Waals surface area contributed by atoms with Crippen molar-refractivity contribution < 1.29 is 0 Å². The van der Waals surface area contributed by atoms with Crippen LogP contribution in [0, 0.1) is 3.57 Å². The fourth-order valence-electron chi connectivity index (χ4n) is 2.20. The molecule has 0 spiro atoms. The van der Waals surface area contributed by atoms with Crippen molar-refractivity contribution in [3.8, 4) is 0 Å². The van der Waals surface area contributed by atoms with Crippen molar-refractivity contribution in [3.63, 3.8) is 0 Å². The largest absolute Gasteiger partial charge is 0.310 e. The summed E-state index contributed by atoms with van der Waals surface area (Å²) in [5.74, 6) is 0. The summed E-state index contributed by atoms with van der Waals surface area (Å²) in [5.41, 5.74) is 2.47. The molecule has 0 bridgehead atoms. The van der Waals surface area contributed by atoms with Crippen LogP contribution in [-0.2, 0) is 13.0 Å². The molecule has 0 radical (unpaired) electrons. The van der Waals surface area contributed by atoms with Crippen molar-refractivity contribution in [3.05, 3.63) is 50.3 Å². The Bertz CT molecular complexity index is 568. The van der Waals surface area contributed by atoms with Crippen molar-refractivity contribution in [1.29, 1.82) is 0 Å². The average Bonchev–Trinajstić information content (AvgIpc) is 2.89. The van der Waals surface area contributed by atoms with Crippen LogP contribution in [0.4, 0.5) is 0 Å². The zero-order chi connectivity index (χ0) is 14.5. The lowest BCUT2D eigenvalue weighted by Gasteiger charge is -2.18. The highest BCUT2D eigenvalue weighted by Crippen LogP contribution is 2.25. The van der Waals surface area contributed by atoms with Crippen molar-refractivity contribution in [2.45, 2.75) is 32.9 Å². The lowest BCUT2D eigenvalue weighted by molar-refractivity contribution is 0.549. The second-order valence-electron chi connectivity index (χ2n) is 4.69. The van der Waals surface area contributed by atoms with E-state index in [4.69, 9.17) is 11.6 Å². The van der Waals surface area contributed by atoms with Crippen molar-refractivity contribution in [2.24, 2.45) is 0 Å². The molecule has 1 atom stereocenters. The minimum absolute atomic E-state index is 0.268. The highest BCUT2D eigenvalue weighted by atomic mass is 127. The average molecular weight is 404 g/mol. The number of halogens is 2. The van der Waals surface area contributed by atoms with Crippen molar-refractivity contribution >= 4 is 34.2 Å². The fourth-order valence-corrected chi connectivity index (χ4v) is 2.73. The third-order valence-electron chi connectivity index (χ3n) is 3.25. The second kappa shape index (κ2) is 7.43. The van der Waals surface area contributed by atoms with Gasteiger partial charge in [0.15, 0.2) is 0 Å². The van der Waals surface area contributed by atoms with Gasteiger partial charge in [0.05, 0.1) is 11.2 Å². The molecule has 0 amide bonds. The highest BCUT2D eigenvalue weighted by molar-refractivity contribution is 14.1. The lowest BCUT2D eigenvalue weighted by atomic mass is 10.0. The van der Waals surface area contributed by atoms with Crippen LogP contribution < -0.4 is 5.32 Å². The first-order valence-electron chi connectivity index (χ1n) is 6.83. The Hall–Kier alpha value is -0.590. The molecule has 0 saturated heterocycles. The van der Waals surface area contributed by atoms with Gasteiger partial charge in [-0.05, 0) is 65.7 Å². The smallest absolute Gasteiger partial charge is 0.0542 e. The quantitative estimate of drug-likeness (QED) is 0.737. The molecule has 20 heavy (non-hydrogen) atoms. The third-order valence-corrected chi connectivity index (χ3v) is 4.82. The van der Waals surface area contributed by atoms with E-state index < -0.39 is 0 Å². The number of aromatic nitrogens is 2. The van der Waals surface area contributed by atoms with Crippen LogP contribution in [0.15, 0.2) is 30.6 Å². The van der Waals surface area contributed by atoms with Gasteiger partial charge in [-0.2, -0.15) is 5.10 Å². The summed E-state index contributed by atoms with van der Waals surface area (Å²) in [4.78, 5) is 0. The Morgan fingerprint density at radius 2 is 2.20 bits per heavy atom. The fraction of sp³-hybridized carbons (Fsp3) is 0.400. The van der Waals surface area contributed by atoms with Crippen LogP contribution in [0.2, 0.25) is 5.02 Å². The van der Waals surface area contributed by atoms with Gasteiger partial charge in [-0.3, -0.25) is 4.68 Å². The first kappa shape index (κ1) is 15.8. The molecular formula is C15H19ClIN3. The van der Waals surface area contributed by atoms with Gasteiger partial charge in [0.1, 0.15) is 0 Å². The van der Waals surface area contributed by atoms with Crippen LogP contribution >= 0.6 is 34.2 Å². The van der Waals surface area contributed by atoms with E-state index >= 15 is 0 Å². The van der Waals surface area contributed by atoms with Gasteiger partial charge in [-0.25, -0.2) is 0 Å². The minimum atomic E-state index is 0.268. The van der Waals surface area contributed by atoms with Crippen LogP contribution in [0.5, 0.6) is 0 Å². The summed E-state index contributed by atoms with van der Waals surface area (Å²) in [6.07, 6.45) is 4.98. The molecule has 0 fully saturated rings. The van der Waals surface area contributed by atoms with Crippen LogP contribution in [-0.4, -0.2) is 16.3 Å². The number of hydrogen-bond acceptors (Lipinski definition) is 2. The summed E-state index contributed by atoms with van der Waals surface area (Å²) in [6, 6.07) is 6.54. The summed E-state index contributed by atoms with van der Waals surface area (Å²) >= 11 is 8.49. The molecule has 0 saturated carbocycles. The van der Waals surface area contributed by atoms with Gasteiger partial charge in [0, 0.05) is 22.4 Å². The molecular weight excluding hydrogens is 385 g/mol. The zero-order valence-corrected chi connectivity index (χ0v) is 14.6. The van der Waals surface area contributed by atoms with E-state index in [2.05, 4.69) is 71.2 Å². The topological polar surface area (TPSA) is 29.9 Å². The number of benzene rings is 1. The summed E-state index contributed by atoms with van der Waals surface area (Å²) in [7, 11) is 0. The van der Waals surface area contributed by atoms with Crippen molar-refractivity contribution in [2.75, 3.05) is 6.54 Å². The van der Waals surface area contributed by atoms with E-state index in [1.165, 1.54) is 11.1 Å². The minimum Gasteiger partial charge on any atom is -0.310 e. The standard InChI is InChI=1S/C15H19ClIN3/c1-3-18-15(7-11-9-19-20(4-2)10-11)12-5-6-14(17)13(16)8-12/h5-6,8-10,15,18H,3-4,7H2,1-2H3. The number of nitrogens with one attached hydrogen (secondary N) is 1. The molecule has 5 heteroatoms. The van der Waals surface area contributed by atoms with Gasteiger partial charge in [0.25, 0.3) is 0 Å². The van der Waals surface area contributed by atoms with Gasteiger partial charge < -0.3 is 5.32 Å². The molecule has 108 valence electrons. The summed E-state index contributed by atoms with van der Waals surface area (Å²) in [6.45, 7) is 6.05. The maximum Gasteiger partial charge on any atom is 0.0542 e. The van der Waals surface area contributed by atoms with Gasteiger partial charge in [-0.15, -0.1) is 0 Å². The molecule has 3 nitrogen and oxygen atoms in total. The maximum atomic E-state index is 6.24. The number of rotatable bonds is 6. The monoisotopic (exact) mass is 403 g/mol. The predicted molar refractivity (Wildman–Crippen MR) is 92.2 cm³/mol. The maximum absolute atomic E-state index is 6.24. The molecule has 0 aliphatic rings. The Morgan fingerprint density at radius 1 is 1.40 bits per heavy atom. The van der Waals surface area contributed by atoms with E-state index in [-0.39, 0.29) is 6.04 Å². The molecule has 1 heterocycles. The Labute approximate surface area is 138 Å². The molecule has 0 aliphatic carbocycles. The molecule has 1 unspecified atom stereocenters. The molecule has 0 aliphatic heterocycles. The Kier molecular flexibility index (Phi) is 5.86. The Morgan fingerprint density at radius 3 is 2.80 bits per heavy atom. The van der Waals surface area contributed by atoms with Crippen molar-refractivity contribution in [1.82, 2.24) is 15.1 Å². The van der Waals surface area contributed by atoms with E-state index in [1.54, 1.807) is 0 Å². The van der Waals surface area contributed by atoms with Gasteiger partial charge in [0.2, 0.25) is 0 Å². The second-order valence-corrected chi connectivity index (χ2v) is 6.26. The molecule has 1 N–H and O–H groups in total. The predicted octanol–water partition coefficient (Wildman–Crippen LogP) is 4.05. The van der Waals surface area contributed by atoms with Gasteiger partial charge >= 0.3 is 0 Å². The SMILES string of the molecule is CCNC(Cc1cnn(CC)c1)c1ccc(I)c(Cl)c1. The lowest BCUT2D eigenvalue weighted by Crippen LogP contribution is -2.22. The molecule has 1 aromatic heterocycles. The van der Waals surface area contributed by atoms with E-state index in [1.807, 2.05) is 10.9 Å². The van der Waals surface area contributed by atoms with Crippen LogP contribution in [0.25, 0.3) is 0 Å². The Balaban J connectivity index is 2.19. The normalized spacial score (nSPS) is 12.6. The van der Waals surface area contributed by atoms with E-state index in [0.29, 0.717) is 0 Å². The summed E-state index contributed by atoms with van der Waals surface area (Å²) < 4.78 is 3.04. The van der Waals surface area contributed by atoms with Crippen LogP contribution in [0.1, 0.15) is 31.0 Å². The van der Waals surface area contributed by atoms with Crippen LogP contribution in [0.3, 0.4) is 0 Å². The number of hydrogen-bond donors (Lipinski definition) is 1. The van der Waals surface area contributed by atoms with E-state index in [0.717, 1.165) is 28.1 Å². The first-order chi connectivity index (χ1) is 9.63. The first-order valence-corrected chi connectivity index (χ1v) is 8.29. The zero-order valence-electron chi connectivity index (χ0n) is 11.7. The summed E-state index contributed by atoms with van der Waals surface area (Å²) in [5, 5.41) is 8.67. The van der Waals surface area contributed by atoms with Gasteiger partial charge in [-0.1, -0.05) is 24.6 Å². The third kappa shape index (κ3) is 3.96. The number of likely N-dealkylation sites (N-methyl/N-ethyl adjacent to an activating group) is 1. The molecule has 2 rings (SSSR count). The number of aryl methyl sites for hydroxylation is 1. The highest BCUT2D eigenvalue weighted by Gasteiger charge is 2.13. The number of nitrogens with zero attached hydrogens (tertiary/aromatic N) is 2. The molecule has 1 aromatic carbocycles. The molecule has 2 aromatic rings.